The fraction of sp³-hybridized carbons (Fsp3) is 0.286. The van der Waals surface area contributed by atoms with Gasteiger partial charge in [-0.05, 0) is 61.1 Å². The van der Waals surface area contributed by atoms with E-state index in [1.165, 1.54) is 36.1 Å². The average Bonchev–Trinajstić information content (AvgIpc) is 3.21. The van der Waals surface area contributed by atoms with Gasteiger partial charge in [0.25, 0.3) is 0 Å². The average molecular weight is 411 g/mol. The molecule has 0 fully saturated rings. The van der Waals surface area contributed by atoms with E-state index in [-0.39, 0.29) is 23.1 Å². The molecule has 0 bridgehead atoms. The first-order valence-corrected chi connectivity index (χ1v) is 11.2. The second-order valence-electron chi connectivity index (χ2n) is 7.03. The fourth-order valence-electron chi connectivity index (χ4n) is 3.41. The third kappa shape index (κ3) is 4.54. The zero-order chi connectivity index (χ0) is 20.3. The lowest BCUT2D eigenvalue weighted by atomic mass is 9.90. The summed E-state index contributed by atoms with van der Waals surface area (Å²) in [6.07, 6.45) is 4.31. The number of hydrogen-bond acceptors (Lipinski definition) is 6. The van der Waals surface area contributed by atoms with Crippen LogP contribution in [0.2, 0.25) is 0 Å². The van der Waals surface area contributed by atoms with Crippen molar-refractivity contribution in [2.75, 3.05) is 11.1 Å². The first-order valence-electron chi connectivity index (χ1n) is 9.55. The van der Waals surface area contributed by atoms with E-state index in [1.807, 2.05) is 6.07 Å². The molecule has 29 heavy (non-hydrogen) atoms. The Balaban J connectivity index is 1.38. The summed E-state index contributed by atoms with van der Waals surface area (Å²) in [7, 11) is -3.52. The minimum Gasteiger partial charge on any atom is -0.403 e. The minimum atomic E-state index is -3.52. The van der Waals surface area contributed by atoms with Crippen molar-refractivity contribution in [1.82, 2.24) is 10.2 Å². The third-order valence-corrected chi connectivity index (χ3v) is 6.70. The molecule has 2 aromatic carbocycles. The number of sulfone groups is 1. The number of nitrogens with zero attached hydrogens (tertiary/aromatic N) is 2. The summed E-state index contributed by atoms with van der Waals surface area (Å²) in [6, 6.07) is 14.1. The van der Waals surface area contributed by atoms with Crippen molar-refractivity contribution < 1.29 is 17.6 Å². The van der Waals surface area contributed by atoms with Gasteiger partial charge in [-0.1, -0.05) is 29.4 Å². The van der Waals surface area contributed by atoms with Gasteiger partial charge in [0.15, 0.2) is 9.84 Å². The highest BCUT2D eigenvalue weighted by atomic mass is 32.2. The summed E-state index contributed by atoms with van der Waals surface area (Å²) < 4.78 is 30.1. The molecule has 0 radical (unpaired) electrons. The Kier molecular flexibility index (Phi) is 5.44. The second-order valence-corrected chi connectivity index (χ2v) is 9.14. The molecule has 7 nitrogen and oxygen atoms in total. The Bertz CT molecular complexity index is 1120. The van der Waals surface area contributed by atoms with Crippen LogP contribution in [0.25, 0.3) is 11.5 Å². The van der Waals surface area contributed by atoms with E-state index in [9.17, 15) is 13.2 Å². The molecule has 0 unspecified atom stereocenters. The van der Waals surface area contributed by atoms with Crippen molar-refractivity contribution in [2.24, 2.45) is 0 Å². The molecule has 1 aliphatic carbocycles. The first kappa shape index (κ1) is 19.3. The van der Waals surface area contributed by atoms with E-state index in [0.29, 0.717) is 5.89 Å². The molecule has 4 rings (SSSR count). The van der Waals surface area contributed by atoms with Crippen LogP contribution in [0.15, 0.2) is 57.8 Å². The van der Waals surface area contributed by atoms with Gasteiger partial charge in [0.1, 0.15) is 0 Å². The lowest BCUT2D eigenvalue weighted by Gasteiger charge is -2.15. The Morgan fingerprint density at radius 3 is 2.55 bits per heavy atom. The number of fused-ring (bicyclic) bond motifs is 1. The number of anilines is 1. The van der Waals surface area contributed by atoms with Crippen molar-refractivity contribution in [3.8, 4) is 11.5 Å². The first-order chi connectivity index (χ1) is 14.0. The minimum absolute atomic E-state index is 0.0418. The Hall–Kier alpha value is -3.00. The van der Waals surface area contributed by atoms with Gasteiger partial charge < -0.3 is 4.42 Å². The summed E-state index contributed by atoms with van der Waals surface area (Å²) in [5.41, 5.74) is 3.46. The van der Waals surface area contributed by atoms with Gasteiger partial charge in [0, 0.05) is 12.0 Å². The summed E-state index contributed by atoms with van der Waals surface area (Å²) in [4.78, 5) is 12.3. The molecule has 0 atom stereocenters. The maximum absolute atomic E-state index is 12.3. The van der Waals surface area contributed by atoms with Gasteiger partial charge in [-0.15, -0.1) is 5.10 Å². The molecule has 0 aliphatic heterocycles. The third-order valence-electron chi connectivity index (χ3n) is 4.97. The molecule has 1 N–H and O–H groups in total. The number of carbonyl (C=O) groups excluding carboxylic acids is 1. The van der Waals surface area contributed by atoms with Crippen molar-refractivity contribution in [3.05, 3.63) is 59.7 Å². The van der Waals surface area contributed by atoms with Crippen molar-refractivity contribution in [3.63, 3.8) is 0 Å². The molecular formula is C21H21N3O4S. The summed E-state index contributed by atoms with van der Waals surface area (Å²) in [6.45, 7) is 0. The van der Waals surface area contributed by atoms with Gasteiger partial charge >= 0.3 is 6.01 Å². The monoisotopic (exact) mass is 411 g/mol. The highest BCUT2D eigenvalue weighted by Crippen LogP contribution is 2.27. The molecular weight excluding hydrogens is 390 g/mol. The molecule has 0 spiro atoms. The molecule has 3 aromatic rings. The normalized spacial score (nSPS) is 13.7. The summed E-state index contributed by atoms with van der Waals surface area (Å²) in [5.74, 6) is -0.468. The quantitative estimate of drug-likeness (QED) is 0.667. The number of amides is 1. The highest BCUT2D eigenvalue weighted by molar-refractivity contribution is 7.91. The number of nitrogens with one attached hydrogen (secondary N) is 1. The molecule has 150 valence electrons. The van der Waals surface area contributed by atoms with E-state index in [2.05, 4.69) is 27.6 Å². The highest BCUT2D eigenvalue weighted by Gasteiger charge is 2.18. The molecule has 0 saturated heterocycles. The molecule has 1 heterocycles. The van der Waals surface area contributed by atoms with Gasteiger partial charge in [0.2, 0.25) is 11.8 Å². The van der Waals surface area contributed by atoms with Crippen LogP contribution in [0.1, 0.15) is 30.4 Å². The van der Waals surface area contributed by atoms with Crippen molar-refractivity contribution >= 4 is 21.8 Å². The molecule has 1 amide bonds. The number of aromatic nitrogens is 2. The van der Waals surface area contributed by atoms with Crippen LogP contribution in [0.3, 0.4) is 0 Å². The number of aryl methyl sites for hydroxylation is 2. The van der Waals surface area contributed by atoms with Gasteiger partial charge in [0.05, 0.1) is 10.6 Å². The summed E-state index contributed by atoms with van der Waals surface area (Å²) in [5, 5.41) is 10.3. The standard InChI is InChI=1S/C21H21N3O4S/c25-19(12-13-29(26,27)18-8-2-1-3-9-18)22-21-24-23-20(28-21)17-11-10-15-6-4-5-7-16(15)14-17/h1-3,8-11,14H,4-7,12-13H2,(H,22,24,25). The van der Waals surface area contributed by atoms with Crippen LogP contribution < -0.4 is 5.32 Å². The predicted octanol–water partition coefficient (Wildman–Crippen LogP) is 3.42. The zero-order valence-electron chi connectivity index (χ0n) is 15.8. The second kappa shape index (κ2) is 8.16. The predicted molar refractivity (Wildman–Crippen MR) is 108 cm³/mol. The maximum atomic E-state index is 12.3. The lowest BCUT2D eigenvalue weighted by Crippen LogP contribution is -2.17. The Labute approximate surface area is 169 Å². The number of hydrogen-bond donors (Lipinski definition) is 1. The Morgan fingerprint density at radius 1 is 1.00 bits per heavy atom. The number of rotatable bonds is 6. The van der Waals surface area contributed by atoms with Crippen molar-refractivity contribution in [2.45, 2.75) is 37.0 Å². The van der Waals surface area contributed by atoms with E-state index >= 15 is 0 Å². The van der Waals surface area contributed by atoms with E-state index in [1.54, 1.807) is 18.2 Å². The lowest BCUT2D eigenvalue weighted by molar-refractivity contribution is -0.115. The van der Waals surface area contributed by atoms with Crippen LogP contribution >= 0.6 is 0 Å². The SMILES string of the molecule is O=C(CCS(=O)(=O)c1ccccc1)Nc1nnc(-c2ccc3c(c2)CCCC3)o1. The molecule has 1 aliphatic rings. The van der Waals surface area contributed by atoms with Gasteiger partial charge in [-0.2, -0.15) is 0 Å². The fourth-order valence-corrected chi connectivity index (χ4v) is 4.67. The van der Waals surface area contributed by atoms with Gasteiger partial charge in [-0.3, -0.25) is 10.1 Å². The topological polar surface area (TPSA) is 102 Å². The number of carbonyl (C=O) groups is 1. The van der Waals surface area contributed by atoms with Crippen LogP contribution in [0.5, 0.6) is 0 Å². The van der Waals surface area contributed by atoms with Crippen molar-refractivity contribution in [1.29, 1.82) is 0 Å². The van der Waals surface area contributed by atoms with Crippen LogP contribution in [0, 0.1) is 0 Å². The number of benzene rings is 2. The molecule has 8 heteroatoms. The zero-order valence-corrected chi connectivity index (χ0v) is 16.6. The van der Waals surface area contributed by atoms with E-state index in [0.717, 1.165) is 18.4 Å². The van der Waals surface area contributed by atoms with Crippen LogP contribution in [-0.4, -0.2) is 30.3 Å². The molecule has 1 aromatic heterocycles. The van der Waals surface area contributed by atoms with E-state index in [4.69, 9.17) is 4.42 Å². The van der Waals surface area contributed by atoms with Crippen LogP contribution in [-0.2, 0) is 27.5 Å². The maximum Gasteiger partial charge on any atom is 0.322 e. The summed E-state index contributed by atoms with van der Waals surface area (Å²) >= 11 is 0. The Morgan fingerprint density at radius 2 is 1.76 bits per heavy atom. The molecule has 0 saturated carbocycles. The smallest absolute Gasteiger partial charge is 0.322 e. The van der Waals surface area contributed by atoms with E-state index < -0.39 is 15.7 Å². The van der Waals surface area contributed by atoms with Crippen LogP contribution in [0.4, 0.5) is 6.01 Å². The largest absolute Gasteiger partial charge is 0.403 e. The van der Waals surface area contributed by atoms with Gasteiger partial charge in [-0.25, -0.2) is 8.42 Å².